The SMILES string of the molecule is CCN(C#CCCO)CC. The number of aliphatic hydroxyl groups is 1. The second kappa shape index (κ2) is 6.44. The Labute approximate surface area is 62.8 Å². The molecule has 0 aliphatic heterocycles. The maximum Gasteiger partial charge on any atom is 0.0541 e. The average molecular weight is 141 g/mol. The fourth-order valence-corrected chi connectivity index (χ4v) is 0.605. The van der Waals surface area contributed by atoms with Crippen molar-refractivity contribution in [3.63, 3.8) is 0 Å². The molecule has 0 bridgehead atoms. The molecule has 58 valence electrons. The van der Waals surface area contributed by atoms with E-state index in [0.717, 1.165) is 13.1 Å². The molecule has 0 fully saturated rings. The molecule has 0 amide bonds. The third-order valence-corrected chi connectivity index (χ3v) is 1.24. The van der Waals surface area contributed by atoms with Crippen LogP contribution in [0.4, 0.5) is 0 Å². The van der Waals surface area contributed by atoms with Gasteiger partial charge in [0.25, 0.3) is 0 Å². The smallest absolute Gasteiger partial charge is 0.0541 e. The van der Waals surface area contributed by atoms with Crippen LogP contribution in [0.1, 0.15) is 20.3 Å². The van der Waals surface area contributed by atoms with Gasteiger partial charge in [-0.05, 0) is 13.8 Å². The summed E-state index contributed by atoms with van der Waals surface area (Å²) in [7, 11) is 0. The first kappa shape index (κ1) is 9.32. The van der Waals surface area contributed by atoms with Crippen molar-refractivity contribution in [2.24, 2.45) is 0 Å². The van der Waals surface area contributed by atoms with E-state index in [2.05, 4.69) is 25.8 Å². The Kier molecular flexibility index (Phi) is 6.00. The summed E-state index contributed by atoms with van der Waals surface area (Å²) in [5.41, 5.74) is 0. The van der Waals surface area contributed by atoms with Crippen molar-refractivity contribution >= 4 is 0 Å². The first-order valence-electron chi connectivity index (χ1n) is 3.69. The van der Waals surface area contributed by atoms with Crippen molar-refractivity contribution in [2.45, 2.75) is 20.3 Å². The molecule has 0 spiro atoms. The second-order valence-electron chi connectivity index (χ2n) is 1.93. The minimum Gasteiger partial charge on any atom is -0.395 e. The Morgan fingerprint density at radius 3 is 2.30 bits per heavy atom. The van der Waals surface area contributed by atoms with Crippen LogP contribution in [-0.2, 0) is 0 Å². The molecule has 0 unspecified atom stereocenters. The van der Waals surface area contributed by atoms with Gasteiger partial charge in [-0.3, -0.25) is 0 Å². The lowest BCUT2D eigenvalue weighted by Gasteiger charge is -2.10. The van der Waals surface area contributed by atoms with Crippen LogP contribution in [0.25, 0.3) is 0 Å². The van der Waals surface area contributed by atoms with E-state index in [9.17, 15) is 0 Å². The average Bonchev–Trinajstić information content (AvgIpc) is 1.99. The molecule has 0 aromatic carbocycles. The summed E-state index contributed by atoms with van der Waals surface area (Å²) in [6.45, 7) is 6.20. The van der Waals surface area contributed by atoms with E-state index >= 15 is 0 Å². The highest BCUT2D eigenvalue weighted by atomic mass is 16.2. The van der Waals surface area contributed by atoms with E-state index in [0.29, 0.717) is 6.42 Å². The second-order valence-corrected chi connectivity index (χ2v) is 1.93. The van der Waals surface area contributed by atoms with Gasteiger partial charge in [-0.2, -0.15) is 0 Å². The minimum atomic E-state index is 0.161. The standard InChI is InChI=1S/C8H15NO/c1-3-9(4-2)7-5-6-8-10/h10H,3-4,6,8H2,1-2H3. The molecular weight excluding hydrogens is 126 g/mol. The highest BCUT2D eigenvalue weighted by Crippen LogP contribution is 1.82. The molecule has 0 heterocycles. The third-order valence-electron chi connectivity index (χ3n) is 1.24. The normalized spacial score (nSPS) is 8.30. The molecule has 0 saturated heterocycles. The van der Waals surface area contributed by atoms with E-state index in [1.165, 1.54) is 0 Å². The van der Waals surface area contributed by atoms with Crippen molar-refractivity contribution in [1.29, 1.82) is 0 Å². The van der Waals surface area contributed by atoms with Crippen molar-refractivity contribution < 1.29 is 5.11 Å². The van der Waals surface area contributed by atoms with Crippen LogP contribution in [-0.4, -0.2) is 29.7 Å². The van der Waals surface area contributed by atoms with Crippen LogP contribution >= 0.6 is 0 Å². The monoisotopic (exact) mass is 141 g/mol. The highest BCUT2D eigenvalue weighted by Gasteiger charge is 1.86. The molecule has 0 rings (SSSR count). The van der Waals surface area contributed by atoms with Gasteiger partial charge in [-0.25, -0.2) is 0 Å². The summed E-state index contributed by atoms with van der Waals surface area (Å²) >= 11 is 0. The van der Waals surface area contributed by atoms with Gasteiger partial charge in [0.2, 0.25) is 0 Å². The highest BCUT2D eigenvalue weighted by molar-refractivity contribution is 4.97. The Bertz CT molecular complexity index is 119. The van der Waals surface area contributed by atoms with Gasteiger partial charge < -0.3 is 10.0 Å². The predicted octanol–water partition coefficient (Wildman–Crippen LogP) is 0.671. The molecular formula is C8H15NO. The van der Waals surface area contributed by atoms with Gasteiger partial charge in [0.15, 0.2) is 0 Å². The summed E-state index contributed by atoms with van der Waals surface area (Å²) < 4.78 is 0. The van der Waals surface area contributed by atoms with E-state index in [1.807, 2.05) is 4.90 Å². The van der Waals surface area contributed by atoms with Crippen molar-refractivity contribution in [3.8, 4) is 12.0 Å². The zero-order chi connectivity index (χ0) is 7.82. The van der Waals surface area contributed by atoms with E-state index in [4.69, 9.17) is 5.11 Å². The van der Waals surface area contributed by atoms with Crippen LogP contribution in [0, 0.1) is 12.0 Å². The number of hydrogen-bond donors (Lipinski definition) is 1. The molecule has 0 aliphatic rings. The van der Waals surface area contributed by atoms with Crippen molar-refractivity contribution in [2.75, 3.05) is 19.7 Å². The molecule has 10 heavy (non-hydrogen) atoms. The molecule has 0 atom stereocenters. The maximum absolute atomic E-state index is 8.40. The Hall–Kier alpha value is -0.680. The third kappa shape index (κ3) is 4.22. The van der Waals surface area contributed by atoms with E-state index < -0.39 is 0 Å². The molecule has 1 N–H and O–H groups in total. The molecule has 0 aliphatic carbocycles. The summed E-state index contributed by atoms with van der Waals surface area (Å²) in [6.07, 6.45) is 0.580. The maximum atomic E-state index is 8.40. The largest absolute Gasteiger partial charge is 0.395 e. The Balaban J connectivity index is 3.52. The zero-order valence-electron chi connectivity index (χ0n) is 6.72. The van der Waals surface area contributed by atoms with Gasteiger partial charge >= 0.3 is 0 Å². The molecule has 0 aromatic heterocycles. The summed E-state index contributed by atoms with van der Waals surface area (Å²) in [5, 5.41) is 8.40. The van der Waals surface area contributed by atoms with Gasteiger partial charge in [0.05, 0.1) is 6.61 Å². The summed E-state index contributed by atoms with van der Waals surface area (Å²) in [4.78, 5) is 2.01. The summed E-state index contributed by atoms with van der Waals surface area (Å²) in [5.74, 6) is 2.86. The lowest BCUT2D eigenvalue weighted by Crippen LogP contribution is -2.15. The fourth-order valence-electron chi connectivity index (χ4n) is 0.605. The van der Waals surface area contributed by atoms with E-state index in [1.54, 1.807) is 0 Å². The number of nitrogens with zero attached hydrogens (tertiary/aromatic N) is 1. The van der Waals surface area contributed by atoms with Crippen LogP contribution in [0.15, 0.2) is 0 Å². The molecule has 0 saturated carbocycles. The van der Waals surface area contributed by atoms with Crippen molar-refractivity contribution in [3.05, 3.63) is 0 Å². The van der Waals surface area contributed by atoms with Crippen LogP contribution in [0.3, 0.4) is 0 Å². The first-order chi connectivity index (χ1) is 4.85. The first-order valence-corrected chi connectivity index (χ1v) is 3.69. The van der Waals surface area contributed by atoms with Crippen LogP contribution in [0.2, 0.25) is 0 Å². The molecule has 2 heteroatoms. The zero-order valence-corrected chi connectivity index (χ0v) is 6.72. The number of hydrogen-bond acceptors (Lipinski definition) is 2. The molecule has 2 nitrogen and oxygen atoms in total. The van der Waals surface area contributed by atoms with Gasteiger partial charge in [0, 0.05) is 25.6 Å². The lowest BCUT2D eigenvalue weighted by molar-refractivity contribution is 0.304. The van der Waals surface area contributed by atoms with Crippen LogP contribution < -0.4 is 0 Å². The molecule has 0 radical (unpaired) electrons. The van der Waals surface area contributed by atoms with Gasteiger partial charge in [-0.1, -0.05) is 5.92 Å². The van der Waals surface area contributed by atoms with E-state index in [-0.39, 0.29) is 6.61 Å². The van der Waals surface area contributed by atoms with Crippen LogP contribution in [0.5, 0.6) is 0 Å². The van der Waals surface area contributed by atoms with Crippen molar-refractivity contribution in [1.82, 2.24) is 4.90 Å². The lowest BCUT2D eigenvalue weighted by atomic mass is 10.4. The van der Waals surface area contributed by atoms with Gasteiger partial charge in [0.1, 0.15) is 0 Å². The van der Waals surface area contributed by atoms with Gasteiger partial charge in [-0.15, -0.1) is 0 Å². The number of aliphatic hydroxyl groups excluding tert-OH is 1. The number of rotatable bonds is 3. The topological polar surface area (TPSA) is 23.5 Å². The summed E-state index contributed by atoms with van der Waals surface area (Å²) in [6, 6.07) is 2.94. The predicted molar refractivity (Wildman–Crippen MR) is 42.4 cm³/mol. The Morgan fingerprint density at radius 2 is 1.90 bits per heavy atom. The minimum absolute atomic E-state index is 0.161. The quantitative estimate of drug-likeness (QED) is 0.461. The molecule has 0 aromatic rings. The fraction of sp³-hybridized carbons (Fsp3) is 0.750. The Morgan fingerprint density at radius 1 is 1.30 bits per heavy atom.